The van der Waals surface area contributed by atoms with Gasteiger partial charge in [-0.1, -0.05) is 29.8 Å². The molecule has 0 unspecified atom stereocenters. The van der Waals surface area contributed by atoms with Gasteiger partial charge in [0, 0.05) is 5.92 Å². The number of benzene rings is 1. The van der Waals surface area contributed by atoms with Gasteiger partial charge in [0.1, 0.15) is 12.1 Å². The number of rotatable bonds is 1. The summed E-state index contributed by atoms with van der Waals surface area (Å²) in [6, 6.07) is 10.7. The smallest absolute Gasteiger partial charge is 0.102 e. The van der Waals surface area contributed by atoms with Crippen molar-refractivity contribution >= 4 is 5.57 Å². The van der Waals surface area contributed by atoms with Crippen LogP contribution < -0.4 is 5.73 Å². The third kappa shape index (κ3) is 1.95. The van der Waals surface area contributed by atoms with Crippen LogP contribution in [-0.2, 0) is 0 Å². The molecule has 3 nitrogen and oxygen atoms in total. The highest BCUT2D eigenvalue weighted by Crippen LogP contribution is 2.47. The van der Waals surface area contributed by atoms with E-state index in [1.54, 1.807) is 0 Å². The van der Waals surface area contributed by atoms with E-state index in [0.29, 0.717) is 16.8 Å². The van der Waals surface area contributed by atoms with Gasteiger partial charge in [0.05, 0.1) is 16.8 Å². The van der Waals surface area contributed by atoms with Crippen LogP contribution in [-0.4, -0.2) is 0 Å². The zero-order valence-corrected chi connectivity index (χ0v) is 12.8. The Morgan fingerprint density at radius 3 is 2.50 bits per heavy atom. The summed E-state index contributed by atoms with van der Waals surface area (Å²) in [5.74, 6) is 0.109. The molecule has 0 spiro atoms. The lowest BCUT2D eigenvalue weighted by Crippen LogP contribution is -2.19. The molecule has 0 amide bonds. The second kappa shape index (κ2) is 5.20. The summed E-state index contributed by atoms with van der Waals surface area (Å²) in [7, 11) is 0. The predicted octanol–water partition coefficient (Wildman–Crippen LogP) is 3.67. The van der Waals surface area contributed by atoms with E-state index in [0.717, 1.165) is 35.1 Å². The monoisotopic (exact) mass is 287 g/mol. The highest BCUT2D eigenvalue weighted by atomic mass is 14.6. The van der Waals surface area contributed by atoms with Crippen LogP contribution in [0.3, 0.4) is 0 Å². The number of allylic oxidation sites excluding steroid dienone is 5. The van der Waals surface area contributed by atoms with Gasteiger partial charge in [0.25, 0.3) is 0 Å². The first-order chi connectivity index (χ1) is 10.6. The second-order valence-corrected chi connectivity index (χ2v) is 5.91. The topological polar surface area (TPSA) is 73.6 Å². The molecule has 2 aliphatic rings. The molecular formula is C19H17N3. The van der Waals surface area contributed by atoms with Crippen molar-refractivity contribution in [3.8, 4) is 12.1 Å². The lowest BCUT2D eigenvalue weighted by molar-refractivity contribution is 0.755. The van der Waals surface area contributed by atoms with Crippen molar-refractivity contribution in [1.29, 1.82) is 10.5 Å². The van der Waals surface area contributed by atoms with Crippen molar-refractivity contribution in [2.75, 3.05) is 0 Å². The normalized spacial score (nSPS) is 20.4. The first-order valence-electron chi connectivity index (χ1n) is 7.41. The molecule has 108 valence electrons. The van der Waals surface area contributed by atoms with Gasteiger partial charge in [-0.25, -0.2) is 0 Å². The van der Waals surface area contributed by atoms with Crippen LogP contribution in [0.15, 0.2) is 46.7 Å². The van der Waals surface area contributed by atoms with Crippen LogP contribution in [0, 0.1) is 42.4 Å². The summed E-state index contributed by atoms with van der Waals surface area (Å²) in [6.45, 7) is 4.11. The largest absolute Gasteiger partial charge is 0.397 e. The number of hydrogen-bond acceptors (Lipinski definition) is 3. The van der Waals surface area contributed by atoms with E-state index in [1.807, 2.05) is 0 Å². The molecule has 0 heterocycles. The summed E-state index contributed by atoms with van der Waals surface area (Å²) in [5, 5.41) is 19.0. The van der Waals surface area contributed by atoms with Crippen molar-refractivity contribution in [3.63, 3.8) is 0 Å². The number of nitrogens with zero attached hydrogens (tertiary/aromatic N) is 2. The molecule has 0 radical (unpaired) electrons. The molecule has 0 saturated carbocycles. The Labute approximate surface area is 130 Å². The maximum Gasteiger partial charge on any atom is 0.102 e. The molecule has 3 rings (SSSR count). The van der Waals surface area contributed by atoms with E-state index in [1.165, 1.54) is 5.56 Å². The maximum absolute atomic E-state index is 9.62. The Kier molecular flexibility index (Phi) is 3.35. The minimum Gasteiger partial charge on any atom is -0.397 e. The molecule has 0 saturated heterocycles. The average Bonchev–Trinajstić information content (AvgIpc) is 2.95. The Bertz CT molecular complexity index is 838. The molecule has 0 aromatic heterocycles. The van der Waals surface area contributed by atoms with Crippen LogP contribution in [0.25, 0.3) is 5.57 Å². The molecule has 1 aromatic rings. The summed E-state index contributed by atoms with van der Waals surface area (Å²) < 4.78 is 0. The molecule has 3 heteroatoms. The zero-order chi connectivity index (χ0) is 15.9. The third-order valence-corrected chi connectivity index (χ3v) is 4.54. The quantitative estimate of drug-likeness (QED) is 0.856. The standard InChI is InChI=1S/C19H17N3/c1-11-6-7-13(12(2)8-11)18-15-5-3-4-14(15)16(9-20)19(22)17(18)10-21/h4,6-8,15H,3,5,22H2,1-2H3/t15-/m1/s1. The summed E-state index contributed by atoms with van der Waals surface area (Å²) in [4.78, 5) is 0. The van der Waals surface area contributed by atoms with E-state index in [-0.39, 0.29) is 5.92 Å². The van der Waals surface area contributed by atoms with Crippen molar-refractivity contribution in [2.45, 2.75) is 26.7 Å². The Balaban J connectivity index is 2.32. The summed E-state index contributed by atoms with van der Waals surface area (Å²) in [6.07, 6.45) is 3.95. The van der Waals surface area contributed by atoms with Crippen LogP contribution >= 0.6 is 0 Å². The van der Waals surface area contributed by atoms with Crippen LogP contribution in [0.4, 0.5) is 0 Å². The summed E-state index contributed by atoms with van der Waals surface area (Å²) in [5.41, 5.74) is 12.8. The number of aryl methyl sites for hydroxylation is 2. The SMILES string of the molecule is Cc1ccc(C2=C(C#N)C(N)=C(C#N)C3=CCC[C@H]32)c(C)c1. The molecule has 22 heavy (non-hydrogen) atoms. The number of nitriles is 2. The Hall–Kier alpha value is -2.78. The van der Waals surface area contributed by atoms with Gasteiger partial charge in [0.2, 0.25) is 0 Å². The van der Waals surface area contributed by atoms with E-state index in [4.69, 9.17) is 5.73 Å². The second-order valence-electron chi connectivity index (χ2n) is 5.91. The lowest BCUT2D eigenvalue weighted by atomic mass is 9.75. The molecule has 0 aliphatic heterocycles. The van der Waals surface area contributed by atoms with E-state index in [2.05, 4.69) is 50.3 Å². The molecule has 2 N–H and O–H groups in total. The van der Waals surface area contributed by atoms with Gasteiger partial charge in [0.15, 0.2) is 0 Å². The maximum atomic E-state index is 9.62. The zero-order valence-electron chi connectivity index (χ0n) is 12.8. The molecule has 0 bridgehead atoms. The minimum atomic E-state index is 0.109. The Morgan fingerprint density at radius 2 is 1.86 bits per heavy atom. The minimum absolute atomic E-state index is 0.109. The fraction of sp³-hybridized carbons (Fsp3) is 0.263. The molecule has 2 aliphatic carbocycles. The van der Waals surface area contributed by atoms with Crippen LogP contribution in [0.5, 0.6) is 0 Å². The number of nitrogens with two attached hydrogens (primary N) is 1. The van der Waals surface area contributed by atoms with Gasteiger partial charge < -0.3 is 5.73 Å². The Morgan fingerprint density at radius 1 is 1.14 bits per heavy atom. The van der Waals surface area contributed by atoms with Gasteiger partial charge in [-0.15, -0.1) is 0 Å². The van der Waals surface area contributed by atoms with Crippen LogP contribution in [0.2, 0.25) is 0 Å². The molecule has 1 atom stereocenters. The van der Waals surface area contributed by atoms with Gasteiger partial charge in [-0.3, -0.25) is 0 Å². The average molecular weight is 287 g/mol. The highest BCUT2D eigenvalue weighted by molar-refractivity contribution is 5.86. The first-order valence-corrected chi connectivity index (χ1v) is 7.41. The van der Waals surface area contributed by atoms with Crippen molar-refractivity contribution < 1.29 is 0 Å². The highest BCUT2D eigenvalue weighted by Gasteiger charge is 2.35. The predicted molar refractivity (Wildman–Crippen MR) is 86.1 cm³/mol. The summed E-state index contributed by atoms with van der Waals surface area (Å²) >= 11 is 0. The van der Waals surface area contributed by atoms with Crippen molar-refractivity contribution in [2.24, 2.45) is 11.7 Å². The number of hydrogen-bond donors (Lipinski definition) is 1. The molecule has 1 aromatic carbocycles. The van der Waals surface area contributed by atoms with Crippen LogP contribution in [0.1, 0.15) is 29.5 Å². The van der Waals surface area contributed by atoms with Gasteiger partial charge in [-0.2, -0.15) is 10.5 Å². The number of fused-ring (bicyclic) bond motifs is 1. The molecular weight excluding hydrogens is 270 g/mol. The van der Waals surface area contributed by atoms with E-state index in [9.17, 15) is 10.5 Å². The fourth-order valence-electron chi connectivity index (χ4n) is 3.56. The first kappa shape index (κ1) is 14.2. The van der Waals surface area contributed by atoms with Gasteiger partial charge >= 0.3 is 0 Å². The lowest BCUT2D eigenvalue weighted by Gasteiger charge is -2.27. The fourth-order valence-corrected chi connectivity index (χ4v) is 3.56. The van der Waals surface area contributed by atoms with E-state index < -0.39 is 0 Å². The van der Waals surface area contributed by atoms with E-state index >= 15 is 0 Å². The third-order valence-electron chi connectivity index (χ3n) is 4.54. The molecule has 0 fully saturated rings. The van der Waals surface area contributed by atoms with Gasteiger partial charge in [-0.05, 0) is 49.0 Å². The van der Waals surface area contributed by atoms with Crippen molar-refractivity contribution in [3.05, 3.63) is 63.4 Å². The van der Waals surface area contributed by atoms with Crippen molar-refractivity contribution in [1.82, 2.24) is 0 Å².